The number of nitrogens with one attached hydrogen (secondary N) is 1. The maximum atomic E-state index is 11.7. The second kappa shape index (κ2) is 5.67. The smallest absolute Gasteiger partial charge is 0.307 e. The summed E-state index contributed by atoms with van der Waals surface area (Å²) in [6, 6.07) is 7.32. The molecule has 1 saturated carbocycles. The summed E-state index contributed by atoms with van der Waals surface area (Å²) in [6.45, 7) is 0.415. The molecule has 0 spiro atoms. The molecule has 1 aromatic carbocycles. The highest BCUT2D eigenvalue weighted by Gasteiger charge is 2.24. The van der Waals surface area contributed by atoms with E-state index in [4.69, 9.17) is 5.11 Å². The summed E-state index contributed by atoms with van der Waals surface area (Å²) in [7, 11) is 0. The van der Waals surface area contributed by atoms with Gasteiger partial charge in [-0.05, 0) is 24.0 Å². The van der Waals surface area contributed by atoms with E-state index in [-0.39, 0.29) is 18.2 Å². The first-order valence-electron chi connectivity index (χ1n) is 6.23. The monoisotopic (exact) mass is 247 g/mol. The van der Waals surface area contributed by atoms with E-state index >= 15 is 0 Å². The fraction of sp³-hybridized carbons (Fsp3) is 0.429. The van der Waals surface area contributed by atoms with Crippen molar-refractivity contribution < 1.29 is 14.7 Å². The number of hydrogen-bond acceptors (Lipinski definition) is 2. The molecule has 2 rings (SSSR count). The average Bonchev–Trinajstić information content (AvgIpc) is 2.25. The van der Waals surface area contributed by atoms with Crippen LogP contribution in [0.5, 0.6) is 0 Å². The van der Waals surface area contributed by atoms with Gasteiger partial charge in [-0.25, -0.2) is 0 Å². The molecule has 96 valence electrons. The minimum absolute atomic E-state index is 0.00449. The lowest BCUT2D eigenvalue weighted by Gasteiger charge is -2.24. The van der Waals surface area contributed by atoms with Crippen LogP contribution in [0.25, 0.3) is 0 Å². The Morgan fingerprint density at radius 1 is 1.22 bits per heavy atom. The van der Waals surface area contributed by atoms with Gasteiger partial charge in [-0.3, -0.25) is 9.59 Å². The number of hydrogen-bond donors (Lipinski definition) is 2. The third-order valence-electron chi connectivity index (χ3n) is 3.39. The zero-order valence-electron chi connectivity index (χ0n) is 10.2. The quantitative estimate of drug-likeness (QED) is 0.832. The number of carboxylic acids is 1. The first kappa shape index (κ1) is 12.6. The van der Waals surface area contributed by atoms with Crippen molar-refractivity contribution in [1.82, 2.24) is 5.32 Å². The number of carboxylic acid groups (broad SMARTS) is 1. The van der Waals surface area contributed by atoms with Crippen LogP contribution in [0.1, 0.15) is 30.4 Å². The molecule has 0 aromatic heterocycles. The zero-order chi connectivity index (χ0) is 13.0. The van der Waals surface area contributed by atoms with Gasteiger partial charge in [0.05, 0.1) is 6.42 Å². The van der Waals surface area contributed by atoms with Gasteiger partial charge in [0, 0.05) is 12.5 Å². The van der Waals surface area contributed by atoms with E-state index in [1.54, 1.807) is 6.07 Å². The molecule has 4 nitrogen and oxygen atoms in total. The highest BCUT2D eigenvalue weighted by molar-refractivity contribution is 5.79. The first-order valence-corrected chi connectivity index (χ1v) is 6.23. The molecule has 4 heteroatoms. The third kappa shape index (κ3) is 3.09. The van der Waals surface area contributed by atoms with Crippen LogP contribution in [0.3, 0.4) is 0 Å². The highest BCUT2D eigenvalue weighted by Crippen LogP contribution is 2.26. The van der Waals surface area contributed by atoms with Crippen LogP contribution in [0.15, 0.2) is 24.3 Å². The maximum absolute atomic E-state index is 11.7. The van der Waals surface area contributed by atoms with E-state index in [1.165, 1.54) is 0 Å². The Morgan fingerprint density at radius 2 is 1.89 bits per heavy atom. The van der Waals surface area contributed by atoms with Crippen LogP contribution in [0.2, 0.25) is 0 Å². The van der Waals surface area contributed by atoms with E-state index in [0.717, 1.165) is 30.4 Å². The molecule has 1 aliphatic rings. The van der Waals surface area contributed by atoms with E-state index in [0.29, 0.717) is 6.54 Å². The Hall–Kier alpha value is -1.84. The van der Waals surface area contributed by atoms with Crippen LogP contribution in [0, 0.1) is 5.92 Å². The lowest BCUT2D eigenvalue weighted by molar-refractivity contribution is -0.136. The van der Waals surface area contributed by atoms with Crippen molar-refractivity contribution >= 4 is 11.9 Å². The minimum atomic E-state index is -0.854. The minimum Gasteiger partial charge on any atom is -0.481 e. The van der Waals surface area contributed by atoms with Gasteiger partial charge >= 0.3 is 5.97 Å². The van der Waals surface area contributed by atoms with Gasteiger partial charge in [0.1, 0.15) is 0 Å². The van der Waals surface area contributed by atoms with E-state index in [2.05, 4.69) is 5.32 Å². The molecular formula is C14H17NO3. The van der Waals surface area contributed by atoms with Gasteiger partial charge in [0.25, 0.3) is 0 Å². The Bertz CT molecular complexity index is 452. The summed E-state index contributed by atoms with van der Waals surface area (Å²) >= 11 is 0. The zero-order valence-corrected chi connectivity index (χ0v) is 10.2. The summed E-state index contributed by atoms with van der Waals surface area (Å²) in [4.78, 5) is 22.4. The van der Waals surface area contributed by atoms with Crippen molar-refractivity contribution in [2.24, 2.45) is 5.92 Å². The van der Waals surface area contributed by atoms with E-state index in [1.807, 2.05) is 18.2 Å². The Balaban J connectivity index is 1.95. The second-order valence-corrected chi connectivity index (χ2v) is 4.68. The molecule has 0 unspecified atom stereocenters. The highest BCUT2D eigenvalue weighted by atomic mass is 16.4. The summed E-state index contributed by atoms with van der Waals surface area (Å²) in [5.41, 5.74) is 1.64. The second-order valence-electron chi connectivity index (χ2n) is 4.68. The van der Waals surface area contributed by atoms with Crippen molar-refractivity contribution in [2.75, 3.05) is 0 Å². The molecule has 18 heavy (non-hydrogen) atoms. The number of rotatable bonds is 5. The van der Waals surface area contributed by atoms with Crippen molar-refractivity contribution in [1.29, 1.82) is 0 Å². The molecule has 0 atom stereocenters. The van der Waals surface area contributed by atoms with E-state index < -0.39 is 5.97 Å². The van der Waals surface area contributed by atoms with Gasteiger partial charge in [-0.15, -0.1) is 0 Å². The standard InChI is InChI=1S/C14H17NO3/c16-13(17)8-11-4-1-2-5-12(11)9-15-14(18)10-6-3-7-10/h1-2,4-5,10H,3,6-9H2,(H,15,18)(H,16,17). The van der Waals surface area contributed by atoms with Gasteiger partial charge < -0.3 is 10.4 Å². The van der Waals surface area contributed by atoms with Crippen LogP contribution >= 0.6 is 0 Å². The van der Waals surface area contributed by atoms with Crippen LogP contribution in [-0.4, -0.2) is 17.0 Å². The fourth-order valence-electron chi connectivity index (χ4n) is 2.06. The SMILES string of the molecule is O=C(O)Cc1ccccc1CNC(=O)C1CCC1. The normalized spacial score (nSPS) is 14.9. The molecule has 1 fully saturated rings. The molecule has 0 radical (unpaired) electrons. The molecule has 0 heterocycles. The summed E-state index contributed by atoms with van der Waals surface area (Å²) in [6.07, 6.45) is 3.08. The van der Waals surface area contributed by atoms with Crippen molar-refractivity contribution in [2.45, 2.75) is 32.2 Å². The molecule has 1 amide bonds. The number of carbonyl (C=O) groups excluding carboxylic acids is 1. The Kier molecular flexibility index (Phi) is 3.97. The third-order valence-corrected chi connectivity index (χ3v) is 3.39. The molecular weight excluding hydrogens is 230 g/mol. The number of benzene rings is 1. The molecule has 1 aromatic rings. The lowest BCUT2D eigenvalue weighted by Crippen LogP contribution is -2.34. The number of aliphatic carboxylic acids is 1. The average molecular weight is 247 g/mol. The predicted octanol–water partition coefficient (Wildman–Crippen LogP) is 1.73. The van der Waals surface area contributed by atoms with Crippen LogP contribution < -0.4 is 5.32 Å². The fourth-order valence-corrected chi connectivity index (χ4v) is 2.06. The van der Waals surface area contributed by atoms with Crippen LogP contribution in [0.4, 0.5) is 0 Å². The van der Waals surface area contributed by atoms with Crippen molar-refractivity contribution in [3.8, 4) is 0 Å². The summed E-state index contributed by atoms with van der Waals surface area (Å²) in [5, 5.41) is 11.7. The first-order chi connectivity index (χ1) is 8.66. The Labute approximate surface area is 106 Å². The van der Waals surface area contributed by atoms with Gasteiger partial charge in [-0.1, -0.05) is 30.7 Å². The van der Waals surface area contributed by atoms with Crippen molar-refractivity contribution in [3.63, 3.8) is 0 Å². The Morgan fingerprint density at radius 3 is 2.44 bits per heavy atom. The van der Waals surface area contributed by atoms with Gasteiger partial charge in [0.2, 0.25) is 5.91 Å². The van der Waals surface area contributed by atoms with Gasteiger partial charge in [0.15, 0.2) is 0 Å². The number of amides is 1. The molecule has 2 N–H and O–H groups in total. The molecule has 0 saturated heterocycles. The van der Waals surface area contributed by atoms with Gasteiger partial charge in [-0.2, -0.15) is 0 Å². The molecule has 0 bridgehead atoms. The maximum Gasteiger partial charge on any atom is 0.307 e. The number of carbonyl (C=O) groups is 2. The topological polar surface area (TPSA) is 66.4 Å². The summed E-state index contributed by atoms with van der Waals surface area (Å²) < 4.78 is 0. The molecule has 0 aliphatic heterocycles. The lowest BCUT2D eigenvalue weighted by atomic mass is 9.85. The van der Waals surface area contributed by atoms with Crippen molar-refractivity contribution in [3.05, 3.63) is 35.4 Å². The predicted molar refractivity (Wildman–Crippen MR) is 67.0 cm³/mol. The molecule has 1 aliphatic carbocycles. The summed E-state index contributed by atoms with van der Waals surface area (Å²) in [5.74, 6) is -0.601. The van der Waals surface area contributed by atoms with Crippen LogP contribution in [-0.2, 0) is 22.6 Å². The van der Waals surface area contributed by atoms with E-state index in [9.17, 15) is 9.59 Å². The largest absolute Gasteiger partial charge is 0.481 e.